The summed E-state index contributed by atoms with van der Waals surface area (Å²) in [6.07, 6.45) is -0.943. The fraction of sp³-hybridized carbons (Fsp3) is 0.333. The fourth-order valence-electron chi connectivity index (χ4n) is 2.63. The summed E-state index contributed by atoms with van der Waals surface area (Å²) in [5, 5.41) is 2.87. The Labute approximate surface area is 153 Å². The van der Waals surface area contributed by atoms with Gasteiger partial charge in [-0.3, -0.25) is 9.59 Å². The van der Waals surface area contributed by atoms with Gasteiger partial charge in [0.25, 0.3) is 5.91 Å². The van der Waals surface area contributed by atoms with Gasteiger partial charge in [0, 0.05) is 5.69 Å². The maximum absolute atomic E-state index is 12.9. The van der Waals surface area contributed by atoms with E-state index in [2.05, 4.69) is 19.2 Å². The number of hydrogen-bond acceptors (Lipinski definition) is 3. The predicted molar refractivity (Wildman–Crippen MR) is 99.6 cm³/mol. The van der Waals surface area contributed by atoms with E-state index in [1.54, 1.807) is 0 Å². The molecule has 0 fully saturated rings. The smallest absolute Gasteiger partial charge is 0.311 e. The number of ether oxygens (including phenoxy) is 1. The predicted octanol–water partition coefficient (Wildman–Crippen LogP) is 4.37. The number of carbonyl (C=O) groups is 2. The quantitative estimate of drug-likeness (QED) is 0.781. The van der Waals surface area contributed by atoms with Gasteiger partial charge in [-0.25, -0.2) is 4.39 Å². The Morgan fingerprint density at radius 3 is 2.35 bits per heavy atom. The van der Waals surface area contributed by atoms with Crippen LogP contribution in [0.25, 0.3) is 0 Å². The maximum Gasteiger partial charge on any atom is 0.311 e. The molecule has 0 saturated carbocycles. The Hall–Kier alpha value is -2.69. The van der Waals surface area contributed by atoms with Gasteiger partial charge in [-0.15, -0.1) is 0 Å². The average Bonchev–Trinajstić information content (AvgIpc) is 2.58. The molecule has 0 heterocycles. The van der Waals surface area contributed by atoms with E-state index in [9.17, 15) is 14.0 Å². The first-order chi connectivity index (χ1) is 12.3. The first kappa shape index (κ1) is 19.6. The number of carbonyl (C=O) groups excluding carboxylic acids is 2. The SMILES string of the molecule is Cc1cccc(C(C)C)c1NC(=O)[C@@H](C)OC(=O)Cc1ccc(F)cc1. The van der Waals surface area contributed by atoms with Crippen LogP contribution in [0.2, 0.25) is 0 Å². The van der Waals surface area contributed by atoms with Crippen LogP contribution in [0, 0.1) is 12.7 Å². The highest BCUT2D eigenvalue weighted by atomic mass is 19.1. The number of nitrogens with one attached hydrogen (secondary N) is 1. The van der Waals surface area contributed by atoms with Gasteiger partial charge in [-0.05, 0) is 48.6 Å². The Morgan fingerprint density at radius 2 is 1.73 bits per heavy atom. The van der Waals surface area contributed by atoms with Gasteiger partial charge >= 0.3 is 5.97 Å². The molecule has 2 aromatic carbocycles. The second-order valence-corrected chi connectivity index (χ2v) is 6.62. The van der Waals surface area contributed by atoms with Crippen LogP contribution in [0.1, 0.15) is 43.4 Å². The summed E-state index contributed by atoms with van der Waals surface area (Å²) in [7, 11) is 0. The first-order valence-electron chi connectivity index (χ1n) is 8.62. The number of esters is 1. The zero-order chi connectivity index (χ0) is 19.3. The summed E-state index contributed by atoms with van der Waals surface area (Å²) in [6.45, 7) is 7.56. The van der Waals surface area contributed by atoms with Crippen LogP contribution in [0.4, 0.5) is 10.1 Å². The molecule has 0 saturated heterocycles. The highest BCUT2D eigenvalue weighted by Crippen LogP contribution is 2.27. The lowest BCUT2D eigenvalue weighted by Crippen LogP contribution is -2.31. The Morgan fingerprint density at radius 1 is 1.08 bits per heavy atom. The van der Waals surface area contributed by atoms with Crippen molar-refractivity contribution in [2.75, 3.05) is 5.32 Å². The van der Waals surface area contributed by atoms with Crippen molar-refractivity contribution in [3.63, 3.8) is 0 Å². The lowest BCUT2D eigenvalue weighted by molar-refractivity contribution is -0.152. The van der Waals surface area contributed by atoms with Gasteiger partial charge in [0.15, 0.2) is 6.10 Å². The van der Waals surface area contributed by atoms with Crippen LogP contribution in [0.3, 0.4) is 0 Å². The highest BCUT2D eigenvalue weighted by molar-refractivity contribution is 5.96. The topological polar surface area (TPSA) is 55.4 Å². The van der Waals surface area contributed by atoms with Crippen molar-refractivity contribution in [1.82, 2.24) is 0 Å². The van der Waals surface area contributed by atoms with E-state index >= 15 is 0 Å². The third-order valence-electron chi connectivity index (χ3n) is 4.11. The van der Waals surface area contributed by atoms with Gasteiger partial charge in [-0.1, -0.05) is 44.2 Å². The maximum atomic E-state index is 12.9. The van der Waals surface area contributed by atoms with Gasteiger partial charge in [0.1, 0.15) is 5.82 Å². The molecule has 0 aliphatic carbocycles. The molecule has 0 aliphatic heterocycles. The minimum absolute atomic E-state index is 0.0144. The van der Waals surface area contributed by atoms with Gasteiger partial charge in [0.05, 0.1) is 6.42 Å². The van der Waals surface area contributed by atoms with Gasteiger partial charge in [0.2, 0.25) is 0 Å². The van der Waals surface area contributed by atoms with Crippen molar-refractivity contribution in [1.29, 1.82) is 0 Å². The largest absolute Gasteiger partial charge is 0.452 e. The lowest BCUT2D eigenvalue weighted by Gasteiger charge is -2.19. The molecule has 1 N–H and O–H groups in total. The molecule has 0 aliphatic rings. The number of anilines is 1. The average molecular weight is 357 g/mol. The van der Waals surface area contributed by atoms with Gasteiger partial charge in [-0.2, -0.15) is 0 Å². The van der Waals surface area contributed by atoms with E-state index in [-0.39, 0.29) is 24.1 Å². The van der Waals surface area contributed by atoms with Crippen LogP contribution < -0.4 is 5.32 Å². The van der Waals surface area contributed by atoms with Crippen LogP contribution >= 0.6 is 0 Å². The van der Waals surface area contributed by atoms with Gasteiger partial charge < -0.3 is 10.1 Å². The Kier molecular flexibility index (Phi) is 6.50. The second kappa shape index (κ2) is 8.61. The highest BCUT2D eigenvalue weighted by Gasteiger charge is 2.20. The number of benzene rings is 2. The molecule has 26 heavy (non-hydrogen) atoms. The lowest BCUT2D eigenvalue weighted by atomic mass is 9.98. The van der Waals surface area contributed by atoms with Crippen molar-refractivity contribution in [3.05, 3.63) is 65.0 Å². The number of amides is 1. The monoisotopic (exact) mass is 357 g/mol. The molecule has 0 unspecified atom stereocenters. The van der Waals surface area contributed by atoms with Crippen LogP contribution in [0.15, 0.2) is 42.5 Å². The molecule has 1 amide bonds. The summed E-state index contributed by atoms with van der Waals surface area (Å²) in [5.74, 6) is -1.03. The molecule has 0 bridgehead atoms. The first-order valence-corrected chi connectivity index (χ1v) is 8.62. The summed E-state index contributed by atoms with van der Waals surface area (Å²) in [5.41, 5.74) is 3.37. The van der Waals surface area contributed by atoms with E-state index in [0.717, 1.165) is 16.8 Å². The summed E-state index contributed by atoms with van der Waals surface area (Å²) in [6, 6.07) is 11.4. The third kappa shape index (κ3) is 5.15. The van der Waals surface area contributed by atoms with Crippen molar-refractivity contribution in [3.8, 4) is 0 Å². The number of hydrogen-bond donors (Lipinski definition) is 1. The number of halogens is 1. The van der Waals surface area contributed by atoms with E-state index in [1.165, 1.54) is 31.2 Å². The number of aryl methyl sites for hydroxylation is 1. The molecular formula is C21H24FNO3. The summed E-state index contributed by atoms with van der Waals surface area (Å²) >= 11 is 0. The molecule has 0 radical (unpaired) electrons. The van der Waals surface area contributed by atoms with Crippen LogP contribution in [-0.4, -0.2) is 18.0 Å². The van der Waals surface area contributed by atoms with Crippen molar-refractivity contribution in [2.24, 2.45) is 0 Å². The minimum atomic E-state index is -0.928. The molecule has 5 heteroatoms. The van der Waals surface area contributed by atoms with Crippen molar-refractivity contribution < 1.29 is 18.7 Å². The number of rotatable bonds is 6. The molecule has 4 nitrogen and oxygen atoms in total. The zero-order valence-electron chi connectivity index (χ0n) is 15.5. The van der Waals surface area contributed by atoms with E-state index < -0.39 is 12.1 Å². The third-order valence-corrected chi connectivity index (χ3v) is 4.11. The molecule has 138 valence electrons. The fourth-order valence-corrected chi connectivity index (χ4v) is 2.63. The molecule has 1 atom stereocenters. The van der Waals surface area contributed by atoms with Crippen LogP contribution in [-0.2, 0) is 20.7 Å². The van der Waals surface area contributed by atoms with E-state index in [0.29, 0.717) is 5.56 Å². The molecule has 0 aromatic heterocycles. The van der Waals surface area contributed by atoms with Crippen molar-refractivity contribution >= 4 is 17.6 Å². The summed E-state index contributed by atoms with van der Waals surface area (Å²) < 4.78 is 18.1. The molecule has 2 aromatic rings. The van der Waals surface area contributed by atoms with E-state index in [4.69, 9.17) is 4.74 Å². The zero-order valence-corrected chi connectivity index (χ0v) is 15.5. The van der Waals surface area contributed by atoms with E-state index in [1.807, 2.05) is 25.1 Å². The minimum Gasteiger partial charge on any atom is -0.452 e. The molecule has 2 rings (SSSR count). The summed E-state index contributed by atoms with van der Waals surface area (Å²) in [4.78, 5) is 24.4. The second-order valence-electron chi connectivity index (χ2n) is 6.62. The Balaban J connectivity index is 1.99. The molecular weight excluding hydrogens is 333 g/mol. The Bertz CT molecular complexity index is 784. The standard InChI is InChI=1S/C21H24FNO3/c1-13(2)18-7-5-6-14(3)20(18)23-21(25)15(4)26-19(24)12-16-8-10-17(22)11-9-16/h5-11,13,15H,12H2,1-4H3,(H,23,25)/t15-/m1/s1. The normalized spacial score (nSPS) is 11.9. The molecule has 0 spiro atoms. The van der Waals surface area contributed by atoms with Crippen LogP contribution in [0.5, 0.6) is 0 Å². The number of para-hydroxylation sites is 1. The van der Waals surface area contributed by atoms with Crippen molar-refractivity contribution in [2.45, 2.75) is 46.1 Å².